The van der Waals surface area contributed by atoms with Gasteiger partial charge in [0.15, 0.2) is 0 Å². The summed E-state index contributed by atoms with van der Waals surface area (Å²) in [5.41, 5.74) is 7.05. The molecule has 0 saturated carbocycles. The third-order valence-electron chi connectivity index (χ3n) is 2.79. The molecule has 0 aromatic carbocycles. The number of imidazole rings is 1. The van der Waals surface area contributed by atoms with Crippen LogP contribution in [0.25, 0.3) is 0 Å². The highest BCUT2D eigenvalue weighted by Gasteiger charge is 2.08. The molecule has 0 aliphatic rings. The Labute approximate surface area is 95.7 Å². The molecule has 0 bridgehead atoms. The molecule has 0 spiro atoms. The number of aryl methyl sites for hydroxylation is 1. The maximum Gasteiger partial charge on any atom is 0.128 e. The average molecular weight is 218 g/mol. The van der Waals surface area contributed by atoms with Gasteiger partial charge in [-0.3, -0.25) is 0 Å². The molecule has 2 aromatic heterocycles. The normalized spacial score (nSPS) is 12.9. The third-order valence-corrected chi connectivity index (χ3v) is 2.79. The predicted molar refractivity (Wildman–Crippen MR) is 64.0 cm³/mol. The van der Waals surface area contributed by atoms with E-state index < -0.39 is 0 Å². The summed E-state index contributed by atoms with van der Waals surface area (Å²) in [4.78, 5) is 4.36. The van der Waals surface area contributed by atoms with Crippen molar-refractivity contribution in [1.29, 1.82) is 0 Å². The zero-order valence-corrected chi connectivity index (χ0v) is 9.80. The number of nitrogens with zero attached hydrogens (tertiary/aromatic N) is 3. The molecule has 1 atom stereocenters. The Hall–Kier alpha value is -1.55. The van der Waals surface area contributed by atoms with Gasteiger partial charge in [0.2, 0.25) is 0 Å². The lowest BCUT2D eigenvalue weighted by Crippen LogP contribution is -2.14. The molecule has 86 valence electrons. The van der Waals surface area contributed by atoms with E-state index >= 15 is 0 Å². The molecule has 0 radical (unpaired) electrons. The van der Waals surface area contributed by atoms with Crippen LogP contribution < -0.4 is 5.73 Å². The van der Waals surface area contributed by atoms with Gasteiger partial charge in [0.1, 0.15) is 5.82 Å². The molecule has 0 amide bonds. The first kappa shape index (κ1) is 11.0. The molecule has 2 rings (SSSR count). The predicted octanol–water partition coefficient (Wildman–Crippen LogP) is 1.77. The van der Waals surface area contributed by atoms with E-state index in [-0.39, 0.29) is 6.04 Å². The zero-order chi connectivity index (χ0) is 11.5. The van der Waals surface area contributed by atoms with Gasteiger partial charge in [0.25, 0.3) is 0 Å². The number of hydrogen-bond acceptors (Lipinski definition) is 2. The Balaban J connectivity index is 2.23. The van der Waals surface area contributed by atoms with E-state index in [1.54, 1.807) is 0 Å². The fraction of sp³-hybridized carbons (Fsp3) is 0.417. The Morgan fingerprint density at radius 2 is 2.19 bits per heavy atom. The highest BCUT2D eigenvalue weighted by molar-refractivity contribution is 5.12. The lowest BCUT2D eigenvalue weighted by molar-refractivity contribution is 0.615. The van der Waals surface area contributed by atoms with Crippen molar-refractivity contribution in [3.63, 3.8) is 0 Å². The second-order valence-electron chi connectivity index (χ2n) is 3.98. The number of hydrogen-bond donors (Lipinski definition) is 1. The van der Waals surface area contributed by atoms with Gasteiger partial charge in [0, 0.05) is 36.9 Å². The SMILES string of the molecule is CCn1ccnc1Cn1cccc1C(C)N. The zero-order valence-electron chi connectivity index (χ0n) is 9.80. The van der Waals surface area contributed by atoms with E-state index in [0.717, 1.165) is 24.6 Å². The van der Waals surface area contributed by atoms with Crippen LogP contribution in [0.15, 0.2) is 30.7 Å². The van der Waals surface area contributed by atoms with Crippen molar-refractivity contribution in [3.8, 4) is 0 Å². The molecule has 4 nitrogen and oxygen atoms in total. The van der Waals surface area contributed by atoms with Gasteiger partial charge in [0.05, 0.1) is 6.54 Å². The standard InChI is InChI=1S/C12H18N4/c1-3-15-8-6-14-12(15)9-16-7-4-5-11(16)10(2)13/h4-8,10H,3,9,13H2,1-2H3. The molecular weight excluding hydrogens is 200 g/mol. The monoisotopic (exact) mass is 218 g/mol. The summed E-state index contributed by atoms with van der Waals surface area (Å²) in [6.07, 6.45) is 5.89. The molecule has 1 unspecified atom stereocenters. The molecule has 2 N–H and O–H groups in total. The second kappa shape index (κ2) is 4.53. The van der Waals surface area contributed by atoms with Crippen molar-refractivity contribution in [3.05, 3.63) is 42.2 Å². The van der Waals surface area contributed by atoms with E-state index in [4.69, 9.17) is 5.73 Å². The van der Waals surface area contributed by atoms with E-state index in [2.05, 4.69) is 27.1 Å². The first-order valence-electron chi connectivity index (χ1n) is 5.63. The van der Waals surface area contributed by atoms with Gasteiger partial charge in [-0.25, -0.2) is 4.98 Å². The van der Waals surface area contributed by atoms with Crippen molar-refractivity contribution in [2.24, 2.45) is 5.73 Å². The van der Waals surface area contributed by atoms with Crippen LogP contribution in [0, 0.1) is 0 Å². The average Bonchev–Trinajstić information content (AvgIpc) is 2.86. The molecule has 2 aromatic rings. The van der Waals surface area contributed by atoms with Crippen LogP contribution in [-0.2, 0) is 13.1 Å². The van der Waals surface area contributed by atoms with Gasteiger partial charge in [-0.15, -0.1) is 0 Å². The van der Waals surface area contributed by atoms with Crippen molar-refractivity contribution in [1.82, 2.24) is 14.1 Å². The van der Waals surface area contributed by atoms with Crippen LogP contribution in [0.1, 0.15) is 31.4 Å². The Morgan fingerprint density at radius 3 is 2.88 bits per heavy atom. The Kier molecular flexibility index (Phi) is 3.10. The summed E-state index contributed by atoms with van der Waals surface area (Å²) in [7, 11) is 0. The van der Waals surface area contributed by atoms with Crippen molar-refractivity contribution < 1.29 is 0 Å². The summed E-state index contributed by atoms with van der Waals surface area (Å²) >= 11 is 0. The number of nitrogens with two attached hydrogens (primary N) is 1. The summed E-state index contributed by atoms with van der Waals surface area (Å²) in [5.74, 6) is 1.07. The summed E-state index contributed by atoms with van der Waals surface area (Å²) in [6.45, 7) is 5.85. The van der Waals surface area contributed by atoms with Crippen molar-refractivity contribution in [2.75, 3.05) is 0 Å². The molecule has 0 aliphatic carbocycles. The molecule has 0 fully saturated rings. The van der Waals surface area contributed by atoms with E-state index in [9.17, 15) is 0 Å². The van der Waals surface area contributed by atoms with Crippen molar-refractivity contribution in [2.45, 2.75) is 33.0 Å². The van der Waals surface area contributed by atoms with E-state index in [1.165, 1.54) is 0 Å². The third kappa shape index (κ3) is 2.02. The summed E-state index contributed by atoms with van der Waals surface area (Å²) in [6, 6.07) is 4.14. The van der Waals surface area contributed by atoms with Crippen LogP contribution in [0.4, 0.5) is 0 Å². The summed E-state index contributed by atoms with van der Waals surface area (Å²) < 4.78 is 4.30. The van der Waals surface area contributed by atoms with Crippen LogP contribution in [0.2, 0.25) is 0 Å². The molecule has 0 aliphatic heterocycles. The molecule has 2 heterocycles. The van der Waals surface area contributed by atoms with Gasteiger partial charge >= 0.3 is 0 Å². The van der Waals surface area contributed by atoms with Crippen molar-refractivity contribution >= 4 is 0 Å². The van der Waals surface area contributed by atoms with Gasteiger partial charge in [-0.2, -0.15) is 0 Å². The van der Waals surface area contributed by atoms with E-state index in [0.29, 0.717) is 0 Å². The fourth-order valence-corrected chi connectivity index (χ4v) is 1.92. The topological polar surface area (TPSA) is 48.8 Å². The van der Waals surface area contributed by atoms with Crippen LogP contribution in [-0.4, -0.2) is 14.1 Å². The number of rotatable bonds is 4. The van der Waals surface area contributed by atoms with Crippen LogP contribution >= 0.6 is 0 Å². The highest BCUT2D eigenvalue weighted by Crippen LogP contribution is 2.12. The Morgan fingerprint density at radius 1 is 1.38 bits per heavy atom. The fourth-order valence-electron chi connectivity index (χ4n) is 1.92. The maximum atomic E-state index is 5.91. The smallest absolute Gasteiger partial charge is 0.128 e. The highest BCUT2D eigenvalue weighted by atomic mass is 15.1. The molecule has 16 heavy (non-hydrogen) atoms. The first-order valence-corrected chi connectivity index (χ1v) is 5.63. The minimum atomic E-state index is 0.0556. The van der Waals surface area contributed by atoms with E-state index in [1.807, 2.05) is 31.6 Å². The van der Waals surface area contributed by atoms with Crippen LogP contribution in [0.5, 0.6) is 0 Å². The maximum absolute atomic E-state index is 5.91. The van der Waals surface area contributed by atoms with Gasteiger partial charge < -0.3 is 14.9 Å². The minimum Gasteiger partial charge on any atom is -0.342 e. The lowest BCUT2D eigenvalue weighted by atomic mass is 10.2. The molecule has 0 saturated heterocycles. The lowest BCUT2D eigenvalue weighted by Gasteiger charge is -2.12. The molecular formula is C12H18N4. The van der Waals surface area contributed by atoms with Gasteiger partial charge in [-0.05, 0) is 26.0 Å². The molecule has 4 heteroatoms. The minimum absolute atomic E-state index is 0.0556. The quantitative estimate of drug-likeness (QED) is 0.850. The Bertz CT molecular complexity index is 453. The summed E-state index contributed by atoms with van der Waals surface area (Å²) in [5, 5.41) is 0. The largest absolute Gasteiger partial charge is 0.342 e. The van der Waals surface area contributed by atoms with Crippen LogP contribution in [0.3, 0.4) is 0 Å². The second-order valence-corrected chi connectivity index (χ2v) is 3.98. The number of aromatic nitrogens is 3. The first-order chi connectivity index (χ1) is 7.72. The van der Waals surface area contributed by atoms with Gasteiger partial charge in [-0.1, -0.05) is 0 Å².